The van der Waals surface area contributed by atoms with E-state index in [9.17, 15) is 13.2 Å². The third-order valence-electron chi connectivity index (χ3n) is 4.43. The van der Waals surface area contributed by atoms with Crippen molar-refractivity contribution >= 4 is 17.3 Å². The Morgan fingerprint density at radius 3 is 3.04 bits per heavy atom. The van der Waals surface area contributed by atoms with E-state index >= 15 is 0 Å². The fourth-order valence-corrected chi connectivity index (χ4v) is 3.86. The first-order valence-electron chi connectivity index (χ1n) is 8.27. The number of hydrogen-bond acceptors (Lipinski definition) is 5. The summed E-state index contributed by atoms with van der Waals surface area (Å²) in [5.74, 6) is 0.524. The van der Waals surface area contributed by atoms with Crippen molar-refractivity contribution in [1.82, 2.24) is 20.5 Å². The van der Waals surface area contributed by atoms with Gasteiger partial charge in [0.2, 0.25) is 0 Å². The molecule has 0 amide bonds. The summed E-state index contributed by atoms with van der Waals surface area (Å²) in [6.45, 7) is 3.59. The van der Waals surface area contributed by atoms with Crippen molar-refractivity contribution in [2.45, 2.75) is 37.7 Å². The second-order valence-corrected chi connectivity index (χ2v) is 7.12. The molecule has 25 heavy (non-hydrogen) atoms. The van der Waals surface area contributed by atoms with Gasteiger partial charge in [0.1, 0.15) is 5.01 Å². The Hall–Kier alpha value is -1.39. The molecule has 10 heteroatoms. The van der Waals surface area contributed by atoms with Gasteiger partial charge in [0.15, 0.2) is 11.7 Å². The Kier molecular flexibility index (Phi) is 5.80. The first-order valence-corrected chi connectivity index (χ1v) is 9.15. The van der Waals surface area contributed by atoms with E-state index < -0.39 is 11.9 Å². The number of nitrogens with zero attached hydrogens (tertiary/aromatic N) is 3. The Balaban J connectivity index is 1.43. The van der Waals surface area contributed by atoms with Gasteiger partial charge in [-0.3, -0.25) is 9.89 Å². The fourth-order valence-electron chi connectivity index (χ4n) is 3.12. The molecule has 3 rings (SSSR count). The smallest absolute Gasteiger partial charge is 0.373 e. The third kappa shape index (κ3) is 4.83. The molecule has 6 nitrogen and oxygen atoms in total. The van der Waals surface area contributed by atoms with Crippen LogP contribution in [0.25, 0.3) is 0 Å². The van der Waals surface area contributed by atoms with Crippen LogP contribution in [0.15, 0.2) is 10.4 Å². The molecule has 1 aromatic heterocycles. The maximum Gasteiger partial charge on any atom is 0.434 e. The van der Waals surface area contributed by atoms with Crippen molar-refractivity contribution in [3.8, 4) is 0 Å². The van der Waals surface area contributed by atoms with E-state index in [1.165, 1.54) is 12.8 Å². The number of halogens is 3. The summed E-state index contributed by atoms with van der Waals surface area (Å²) in [6, 6.07) is 0.557. The summed E-state index contributed by atoms with van der Waals surface area (Å²) in [5.41, 5.74) is -0.854. The number of morpholine rings is 1. The topological polar surface area (TPSA) is 61.8 Å². The zero-order valence-electron chi connectivity index (χ0n) is 14.0. The predicted octanol–water partition coefficient (Wildman–Crippen LogP) is 1.69. The molecule has 0 saturated carbocycles. The van der Waals surface area contributed by atoms with Crippen LogP contribution in [0.2, 0.25) is 0 Å². The van der Waals surface area contributed by atoms with Crippen molar-refractivity contribution in [1.29, 1.82) is 0 Å². The normalized spacial score (nSPS) is 25.0. The standard InChI is InChI=1S/C15H22F3N5OS/c1-19-14(21-6-13-22-12(9-25-13)15(16,17)18)20-5-11-7-23-4-2-3-10(23)8-24-11/h9-11H,2-8H2,1H3,(H2,19,20,21). The molecule has 2 atom stereocenters. The second-order valence-electron chi connectivity index (χ2n) is 6.18. The van der Waals surface area contributed by atoms with Gasteiger partial charge < -0.3 is 15.4 Å². The number of alkyl halides is 3. The summed E-state index contributed by atoms with van der Waals surface area (Å²) in [4.78, 5) is 10.1. The summed E-state index contributed by atoms with van der Waals surface area (Å²) >= 11 is 0.978. The minimum atomic E-state index is -4.40. The summed E-state index contributed by atoms with van der Waals surface area (Å²) in [5, 5.41) is 7.54. The molecule has 140 valence electrons. The molecule has 2 fully saturated rings. The number of nitrogens with one attached hydrogen (secondary N) is 2. The molecule has 2 N–H and O–H groups in total. The van der Waals surface area contributed by atoms with Crippen molar-refractivity contribution < 1.29 is 17.9 Å². The molecule has 0 aromatic carbocycles. The van der Waals surface area contributed by atoms with Crippen LogP contribution in [0.3, 0.4) is 0 Å². The highest BCUT2D eigenvalue weighted by molar-refractivity contribution is 7.09. The summed E-state index contributed by atoms with van der Waals surface area (Å²) in [7, 11) is 1.62. The molecule has 2 unspecified atom stereocenters. The van der Waals surface area contributed by atoms with E-state index in [1.54, 1.807) is 7.05 Å². The van der Waals surface area contributed by atoms with Gasteiger partial charge in [0, 0.05) is 31.6 Å². The highest BCUT2D eigenvalue weighted by atomic mass is 32.1. The van der Waals surface area contributed by atoms with E-state index in [1.807, 2.05) is 0 Å². The first-order chi connectivity index (χ1) is 12.0. The number of aliphatic imine (C=N–C) groups is 1. The highest BCUT2D eigenvalue weighted by Gasteiger charge is 2.34. The monoisotopic (exact) mass is 377 g/mol. The lowest BCUT2D eigenvalue weighted by Gasteiger charge is -2.35. The first kappa shape index (κ1) is 18.4. The van der Waals surface area contributed by atoms with Crippen LogP contribution < -0.4 is 10.6 Å². The van der Waals surface area contributed by atoms with Crippen LogP contribution in [-0.2, 0) is 17.5 Å². The van der Waals surface area contributed by atoms with Crippen molar-refractivity contribution in [2.24, 2.45) is 4.99 Å². The van der Waals surface area contributed by atoms with Gasteiger partial charge in [-0.1, -0.05) is 0 Å². The molecule has 2 aliphatic rings. The average molecular weight is 377 g/mol. The highest BCUT2D eigenvalue weighted by Crippen LogP contribution is 2.29. The molecule has 0 spiro atoms. The van der Waals surface area contributed by atoms with Crippen molar-refractivity contribution in [2.75, 3.05) is 33.3 Å². The largest absolute Gasteiger partial charge is 0.434 e. The molecule has 2 saturated heterocycles. The summed E-state index contributed by atoms with van der Waals surface area (Å²) < 4.78 is 43.5. The maximum atomic E-state index is 12.6. The lowest BCUT2D eigenvalue weighted by atomic mass is 10.2. The van der Waals surface area contributed by atoms with Crippen LogP contribution >= 0.6 is 11.3 Å². The van der Waals surface area contributed by atoms with Gasteiger partial charge in [-0.25, -0.2) is 4.98 Å². The van der Waals surface area contributed by atoms with Crippen LogP contribution in [0.1, 0.15) is 23.5 Å². The van der Waals surface area contributed by atoms with E-state index in [4.69, 9.17) is 4.74 Å². The number of ether oxygens (including phenoxy) is 1. The van der Waals surface area contributed by atoms with Gasteiger partial charge in [-0.05, 0) is 19.4 Å². The number of guanidine groups is 1. The number of thiazole rings is 1. The molecule has 0 aliphatic carbocycles. The quantitative estimate of drug-likeness (QED) is 0.618. The van der Waals surface area contributed by atoms with Crippen LogP contribution in [-0.4, -0.2) is 61.3 Å². The molecule has 1 aromatic rings. The minimum absolute atomic E-state index is 0.0876. The third-order valence-corrected chi connectivity index (χ3v) is 5.28. The molecule has 3 heterocycles. The Bertz CT molecular complexity index is 606. The van der Waals surface area contributed by atoms with Crippen LogP contribution in [0, 0.1) is 0 Å². The number of aromatic nitrogens is 1. The Labute approximate surface area is 148 Å². The van der Waals surface area contributed by atoms with Gasteiger partial charge in [0.25, 0.3) is 0 Å². The zero-order chi connectivity index (χ0) is 17.9. The molecular formula is C15H22F3N5OS. The van der Waals surface area contributed by atoms with Gasteiger partial charge in [-0.2, -0.15) is 13.2 Å². The lowest BCUT2D eigenvalue weighted by Crippen LogP contribution is -2.51. The van der Waals surface area contributed by atoms with Gasteiger partial charge >= 0.3 is 6.18 Å². The average Bonchev–Trinajstić information content (AvgIpc) is 3.23. The molecular weight excluding hydrogens is 355 g/mol. The Morgan fingerprint density at radius 1 is 1.48 bits per heavy atom. The predicted molar refractivity (Wildman–Crippen MR) is 89.7 cm³/mol. The van der Waals surface area contributed by atoms with Crippen LogP contribution in [0.4, 0.5) is 13.2 Å². The number of rotatable bonds is 4. The Morgan fingerprint density at radius 2 is 2.32 bits per heavy atom. The summed E-state index contributed by atoms with van der Waals surface area (Å²) in [6.07, 6.45) is -1.88. The van der Waals surface area contributed by atoms with E-state index in [-0.39, 0.29) is 12.6 Å². The second kappa shape index (κ2) is 7.88. The van der Waals surface area contributed by atoms with Crippen molar-refractivity contribution in [3.05, 3.63) is 16.1 Å². The molecule has 0 bridgehead atoms. The van der Waals surface area contributed by atoms with Crippen molar-refractivity contribution in [3.63, 3.8) is 0 Å². The maximum absolute atomic E-state index is 12.6. The van der Waals surface area contributed by atoms with E-state index in [0.29, 0.717) is 23.6 Å². The zero-order valence-corrected chi connectivity index (χ0v) is 14.8. The molecule has 0 radical (unpaired) electrons. The SMILES string of the molecule is CN=C(NCc1nc(C(F)(F)F)cs1)NCC1CN2CCCC2CO1. The van der Waals surface area contributed by atoms with Gasteiger partial charge in [0.05, 0.1) is 19.3 Å². The number of hydrogen-bond donors (Lipinski definition) is 2. The minimum Gasteiger partial charge on any atom is -0.373 e. The van der Waals surface area contributed by atoms with Gasteiger partial charge in [-0.15, -0.1) is 11.3 Å². The molecule has 2 aliphatic heterocycles. The van der Waals surface area contributed by atoms with E-state index in [2.05, 4.69) is 25.5 Å². The number of fused-ring (bicyclic) bond motifs is 1. The fraction of sp³-hybridized carbons (Fsp3) is 0.733. The lowest BCUT2D eigenvalue weighted by molar-refractivity contribution is -0.140. The van der Waals surface area contributed by atoms with E-state index in [0.717, 1.165) is 36.4 Å². The van der Waals surface area contributed by atoms with Crippen LogP contribution in [0.5, 0.6) is 0 Å².